The topological polar surface area (TPSA) is 37.8 Å². The van der Waals surface area contributed by atoms with Crippen LogP contribution in [0.1, 0.15) is 5.82 Å². The Morgan fingerprint density at radius 3 is 2.35 bits per heavy atom. The van der Waals surface area contributed by atoms with Crippen molar-refractivity contribution in [3.8, 4) is 11.3 Å². The molecule has 0 atom stereocenters. The lowest BCUT2D eigenvalue weighted by Gasteiger charge is -2.07. The summed E-state index contributed by atoms with van der Waals surface area (Å²) in [6.45, 7) is 1.67. The fraction of sp³-hybridized carbons (Fsp3) is 0.167. The van der Waals surface area contributed by atoms with Crippen LogP contribution in [0.25, 0.3) is 11.3 Å². The van der Waals surface area contributed by atoms with Gasteiger partial charge in [0, 0.05) is 13.1 Å². The van der Waals surface area contributed by atoms with E-state index in [2.05, 4.69) is 15.3 Å². The number of anilines is 1. The SMILES string of the molecule is CNc1cc(-c2c(F)cccc2F)nc(C)n1. The van der Waals surface area contributed by atoms with Crippen molar-refractivity contribution in [2.24, 2.45) is 0 Å². The average molecular weight is 235 g/mol. The van der Waals surface area contributed by atoms with Crippen molar-refractivity contribution >= 4 is 5.82 Å². The summed E-state index contributed by atoms with van der Waals surface area (Å²) in [7, 11) is 1.68. The van der Waals surface area contributed by atoms with Crippen molar-refractivity contribution in [1.29, 1.82) is 0 Å². The van der Waals surface area contributed by atoms with Crippen LogP contribution in [0.5, 0.6) is 0 Å². The number of aryl methyl sites for hydroxylation is 1. The van der Waals surface area contributed by atoms with E-state index in [1.807, 2.05) is 0 Å². The molecule has 0 aliphatic heterocycles. The fourth-order valence-corrected chi connectivity index (χ4v) is 1.57. The number of hydrogen-bond donors (Lipinski definition) is 1. The molecule has 3 nitrogen and oxygen atoms in total. The predicted molar refractivity (Wildman–Crippen MR) is 61.7 cm³/mol. The molecular weight excluding hydrogens is 224 g/mol. The fourth-order valence-electron chi connectivity index (χ4n) is 1.57. The molecule has 2 aromatic rings. The van der Waals surface area contributed by atoms with Crippen molar-refractivity contribution in [1.82, 2.24) is 9.97 Å². The first kappa shape index (κ1) is 11.4. The highest BCUT2D eigenvalue weighted by Gasteiger charge is 2.13. The zero-order chi connectivity index (χ0) is 12.4. The third-order valence-corrected chi connectivity index (χ3v) is 2.31. The maximum absolute atomic E-state index is 13.6. The molecule has 0 unspecified atom stereocenters. The molecule has 0 fully saturated rings. The van der Waals surface area contributed by atoms with Crippen molar-refractivity contribution < 1.29 is 8.78 Å². The molecule has 2 rings (SSSR count). The van der Waals surface area contributed by atoms with Crippen LogP contribution < -0.4 is 5.32 Å². The Kier molecular flexibility index (Phi) is 2.99. The largest absolute Gasteiger partial charge is 0.373 e. The van der Waals surface area contributed by atoms with E-state index in [9.17, 15) is 8.78 Å². The van der Waals surface area contributed by atoms with E-state index < -0.39 is 11.6 Å². The van der Waals surface area contributed by atoms with Gasteiger partial charge in [-0.15, -0.1) is 0 Å². The maximum atomic E-state index is 13.6. The van der Waals surface area contributed by atoms with E-state index >= 15 is 0 Å². The highest BCUT2D eigenvalue weighted by atomic mass is 19.1. The summed E-state index contributed by atoms with van der Waals surface area (Å²) >= 11 is 0. The zero-order valence-electron chi connectivity index (χ0n) is 9.46. The monoisotopic (exact) mass is 235 g/mol. The molecule has 0 spiro atoms. The molecule has 0 bridgehead atoms. The lowest BCUT2D eigenvalue weighted by atomic mass is 10.1. The molecule has 5 heteroatoms. The second-order valence-corrected chi connectivity index (χ2v) is 3.53. The first-order valence-electron chi connectivity index (χ1n) is 5.09. The quantitative estimate of drug-likeness (QED) is 0.869. The lowest BCUT2D eigenvalue weighted by molar-refractivity contribution is 0.588. The number of halogens is 2. The van der Waals surface area contributed by atoms with Gasteiger partial charge >= 0.3 is 0 Å². The van der Waals surface area contributed by atoms with Crippen LogP contribution in [0, 0.1) is 18.6 Å². The van der Waals surface area contributed by atoms with Gasteiger partial charge in [-0.3, -0.25) is 0 Å². The average Bonchev–Trinajstić information content (AvgIpc) is 2.28. The van der Waals surface area contributed by atoms with Crippen molar-refractivity contribution in [2.45, 2.75) is 6.92 Å². The number of aromatic nitrogens is 2. The summed E-state index contributed by atoms with van der Waals surface area (Å²) in [6.07, 6.45) is 0. The summed E-state index contributed by atoms with van der Waals surface area (Å²) in [5, 5.41) is 2.82. The van der Waals surface area contributed by atoms with Crippen molar-refractivity contribution in [3.63, 3.8) is 0 Å². The number of nitrogens with zero attached hydrogens (tertiary/aromatic N) is 2. The minimum absolute atomic E-state index is 0.130. The van der Waals surface area contributed by atoms with Gasteiger partial charge in [-0.2, -0.15) is 0 Å². The molecule has 1 aromatic carbocycles. The molecule has 0 aliphatic carbocycles. The summed E-state index contributed by atoms with van der Waals surface area (Å²) in [5.41, 5.74) is 0.104. The van der Waals surface area contributed by atoms with E-state index in [1.54, 1.807) is 14.0 Å². The number of benzene rings is 1. The molecule has 17 heavy (non-hydrogen) atoms. The van der Waals surface area contributed by atoms with E-state index in [0.29, 0.717) is 11.6 Å². The van der Waals surface area contributed by atoms with Crippen molar-refractivity contribution in [3.05, 3.63) is 41.7 Å². The van der Waals surface area contributed by atoms with Gasteiger partial charge in [-0.05, 0) is 19.1 Å². The van der Waals surface area contributed by atoms with Gasteiger partial charge < -0.3 is 5.32 Å². The standard InChI is InChI=1S/C12H11F2N3/c1-7-16-10(6-11(15-2)17-7)12-8(13)4-3-5-9(12)14/h3-6H,1-2H3,(H,15,16,17). The lowest BCUT2D eigenvalue weighted by Crippen LogP contribution is -2.00. The van der Waals surface area contributed by atoms with Gasteiger partial charge in [0.15, 0.2) is 0 Å². The van der Waals surface area contributed by atoms with E-state index in [-0.39, 0.29) is 11.3 Å². The normalized spacial score (nSPS) is 10.4. The van der Waals surface area contributed by atoms with Crippen molar-refractivity contribution in [2.75, 3.05) is 12.4 Å². The van der Waals surface area contributed by atoms with Gasteiger partial charge in [0.05, 0.1) is 11.3 Å². The smallest absolute Gasteiger partial charge is 0.135 e. The minimum atomic E-state index is -0.634. The summed E-state index contributed by atoms with van der Waals surface area (Å²) < 4.78 is 27.2. The molecule has 1 heterocycles. The second-order valence-electron chi connectivity index (χ2n) is 3.53. The first-order chi connectivity index (χ1) is 8.11. The van der Waals surface area contributed by atoms with Crippen LogP contribution in [0.15, 0.2) is 24.3 Å². The predicted octanol–water partition coefficient (Wildman–Crippen LogP) is 2.77. The Morgan fingerprint density at radius 1 is 1.12 bits per heavy atom. The third-order valence-electron chi connectivity index (χ3n) is 2.31. The van der Waals surface area contributed by atoms with Gasteiger partial charge in [-0.25, -0.2) is 18.7 Å². The van der Waals surface area contributed by atoms with E-state index in [4.69, 9.17) is 0 Å². The third kappa shape index (κ3) is 2.22. The van der Waals surface area contributed by atoms with Crippen LogP contribution in [0.3, 0.4) is 0 Å². The van der Waals surface area contributed by atoms with Gasteiger partial charge in [0.2, 0.25) is 0 Å². The molecule has 0 amide bonds. The second kappa shape index (κ2) is 4.45. The molecule has 0 saturated heterocycles. The first-order valence-corrected chi connectivity index (χ1v) is 5.09. The molecule has 0 aliphatic rings. The Morgan fingerprint density at radius 2 is 1.76 bits per heavy atom. The molecule has 88 valence electrons. The molecule has 1 aromatic heterocycles. The summed E-state index contributed by atoms with van der Waals surface area (Å²) in [5.74, 6) is -0.292. The Labute approximate surface area is 97.5 Å². The molecule has 1 N–H and O–H groups in total. The minimum Gasteiger partial charge on any atom is -0.373 e. The number of nitrogens with one attached hydrogen (secondary N) is 1. The Hall–Kier alpha value is -2.04. The number of hydrogen-bond acceptors (Lipinski definition) is 3. The summed E-state index contributed by atoms with van der Waals surface area (Å²) in [6, 6.07) is 5.24. The van der Waals surface area contributed by atoms with Crippen LogP contribution in [0.2, 0.25) is 0 Å². The molecule has 0 saturated carbocycles. The van der Waals surface area contributed by atoms with Crippen LogP contribution in [-0.2, 0) is 0 Å². The van der Waals surface area contributed by atoms with Gasteiger partial charge in [-0.1, -0.05) is 6.07 Å². The molecular formula is C12H11F2N3. The highest BCUT2D eigenvalue weighted by Crippen LogP contribution is 2.25. The highest BCUT2D eigenvalue weighted by molar-refractivity contribution is 5.63. The Bertz CT molecular complexity index is 535. The Balaban J connectivity index is 2.64. The van der Waals surface area contributed by atoms with E-state index in [1.165, 1.54) is 24.3 Å². The van der Waals surface area contributed by atoms with Gasteiger partial charge in [0.25, 0.3) is 0 Å². The van der Waals surface area contributed by atoms with Gasteiger partial charge in [0.1, 0.15) is 23.3 Å². The summed E-state index contributed by atoms with van der Waals surface area (Å²) in [4.78, 5) is 8.11. The van der Waals surface area contributed by atoms with Crippen LogP contribution in [0.4, 0.5) is 14.6 Å². The number of rotatable bonds is 2. The maximum Gasteiger partial charge on any atom is 0.135 e. The van der Waals surface area contributed by atoms with Crippen LogP contribution in [-0.4, -0.2) is 17.0 Å². The molecule has 0 radical (unpaired) electrons. The van der Waals surface area contributed by atoms with E-state index in [0.717, 1.165) is 0 Å². The zero-order valence-corrected chi connectivity index (χ0v) is 9.46. The van der Waals surface area contributed by atoms with Crippen LogP contribution >= 0.6 is 0 Å².